The molecule has 2 rings (SSSR count). The number of morpholine rings is 1. The first-order chi connectivity index (χ1) is 8.68. The highest BCUT2D eigenvalue weighted by Crippen LogP contribution is 2.23. The highest BCUT2D eigenvalue weighted by atomic mass is 16.5. The van der Waals surface area contributed by atoms with Gasteiger partial charge in [-0.1, -0.05) is 12.8 Å². The molecule has 5 nitrogen and oxygen atoms in total. The first kappa shape index (κ1) is 13.3. The second-order valence-electron chi connectivity index (χ2n) is 5.08. The summed E-state index contributed by atoms with van der Waals surface area (Å²) in [4.78, 5) is 27.4. The predicted molar refractivity (Wildman–Crippen MR) is 67.0 cm³/mol. The summed E-state index contributed by atoms with van der Waals surface area (Å²) in [6, 6.07) is 0.271. The zero-order valence-corrected chi connectivity index (χ0v) is 11.1. The molecular formula is C13H22N2O3. The van der Waals surface area contributed by atoms with Crippen LogP contribution in [0, 0.1) is 0 Å². The van der Waals surface area contributed by atoms with Crippen LogP contribution in [0.25, 0.3) is 0 Å². The van der Waals surface area contributed by atoms with Crippen molar-refractivity contribution >= 4 is 11.8 Å². The van der Waals surface area contributed by atoms with Crippen LogP contribution in [0.3, 0.4) is 0 Å². The maximum Gasteiger partial charge on any atom is 0.242 e. The van der Waals surface area contributed by atoms with Gasteiger partial charge in [-0.25, -0.2) is 0 Å². The minimum absolute atomic E-state index is 0.0171. The van der Waals surface area contributed by atoms with Crippen molar-refractivity contribution in [1.82, 2.24) is 9.80 Å². The average molecular weight is 254 g/mol. The molecule has 102 valence electrons. The zero-order valence-electron chi connectivity index (χ0n) is 11.1. The molecule has 0 bridgehead atoms. The maximum atomic E-state index is 12.1. The summed E-state index contributed by atoms with van der Waals surface area (Å²) in [5, 5.41) is 0. The summed E-state index contributed by atoms with van der Waals surface area (Å²) in [5.74, 6) is 0.0731. The van der Waals surface area contributed by atoms with Crippen LogP contribution in [-0.4, -0.2) is 60.5 Å². The van der Waals surface area contributed by atoms with Crippen LogP contribution in [-0.2, 0) is 14.3 Å². The molecule has 1 aliphatic heterocycles. The van der Waals surface area contributed by atoms with E-state index in [1.807, 2.05) is 0 Å². The van der Waals surface area contributed by atoms with Crippen LogP contribution in [0.4, 0.5) is 0 Å². The van der Waals surface area contributed by atoms with Crippen LogP contribution >= 0.6 is 0 Å². The van der Waals surface area contributed by atoms with E-state index >= 15 is 0 Å². The second-order valence-corrected chi connectivity index (χ2v) is 5.08. The molecule has 1 saturated heterocycles. The summed E-state index contributed by atoms with van der Waals surface area (Å²) in [7, 11) is 0. The fourth-order valence-corrected chi connectivity index (χ4v) is 2.77. The number of rotatable bonds is 3. The van der Waals surface area contributed by atoms with E-state index in [2.05, 4.69) is 0 Å². The first-order valence-corrected chi connectivity index (χ1v) is 6.81. The Bertz CT molecular complexity index is 307. The topological polar surface area (TPSA) is 49.9 Å². The highest BCUT2D eigenvalue weighted by Gasteiger charge is 2.28. The minimum Gasteiger partial charge on any atom is -0.378 e. The number of carbonyl (C=O) groups excluding carboxylic acids is 2. The summed E-state index contributed by atoms with van der Waals surface area (Å²) in [6.07, 6.45) is 4.41. The molecule has 1 aliphatic carbocycles. The first-order valence-electron chi connectivity index (χ1n) is 6.81. The lowest BCUT2D eigenvalue weighted by molar-refractivity contribution is -0.143. The number of hydrogen-bond acceptors (Lipinski definition) is 3. The van der Waals surface area contributed by atoms with Crippen molar-refractivity contribution in [3.8, 4) is 0 Å². The van der Waals surface area contributed by atoms with Gasteiger partial charge < -0.3 is 14.5 Å². The molecule has 0 unspecified atom stereocenters. The molecule has 5 heteroatoms. The third kappa shape index (κ3) is 3.22. The number of hydrogen-bond donors (Lipinski definition) is 0. The van der Waals surface area contributed by atoms with Crippen molar-refractivity contribution in [2.24, 2.45) is 0 Å². The van der Waals surface area contributed by atoms with Gasteiger partial charge in [0, 0.05) is 26.1 Å². The molecule has 0 aromatic carbocycles. The number of ether oxygens (including phenoxy) is 1. The van der Waals surface area contributed by atoms with Gasteiger partial charge in [0.2, 0.25) is 11.8 Å². The van der Waals surface area contributed by atoms with Crippen molar-refractivity contribution in [2.45, 2.75) is 38.6 Å². The molecule has 18 heavy (non-hydrogen) atoms. The fourth-order valence-electron chi connectivity index (χ4n) is 2.77. The van der Waals surface area contributed by atoms with E-state index in [1.165, 1.54) is 12.8 Å². The van der Waals surface area contributed by atoms with Crippen molar-refractivity contribution in [3.05, 3.63) is 0 Å². The Morgan fingerprint density at radius 3 is 2.39 bits per heavy atom. The fraction of sp³-hybridized carbons (Fsp3) is 0.846. The van der Waals surface area contributed by atoms with Gasteiger partial charge in [-0.15, -0.1) is 0 Å². The molecule has 1 saturated carbocycles. The lowest BCUT2D eigenvalue weighted by Gasteiger charge is -2.32. The molecule has 0 atom stereocenters. The Balaban J connectivity index is 1.91. The minimum atomic E-state index is 0.0171. The Kier molecular flexibility index (Phi) is 4.58. The van der Waals surface area contributed by atoms with Gasteiger partial charge in [-0.3, -0.25) is 9.59 Å². The quantitative estimate of drug-likeness (QED) is 0.742. The largest absolute Gasteiger partial charge is 0.378 e. The van der Waals surface area contributed by atoms with Gasteiger partial charge in [-0.2, -0.15) is 0 Å². The maximum absolute atomic E-state index is 12.1. The summed E-state index contributed by atoms with van der Waals surface area (Å²) in [5.41, 5.74) is 0. The molecule has 2 amide bonds. The van der Waals surface area contributed by atoms with E-state index in [1.54, 1.807) is 16.7 Å². The third-order valence-corrected chi connectivity index (χ3v) is 3.84. The second kappa shape index (κ2) is 6.18. The molecule has 0 aromatic heterocycles. The number of carbonyl (C=O) groups is 2. The van der Waals surface area contributed by atoms with E-state index in [4.69, 9.17) is 4.74 Å². The normalized spacial score (nSPS) is 21.1. The SMILES string of the molecule is CC(=O)N(CC(=O)N1CCOCC1)C1CCCC1. The molecule has 1 heterocycles. The molecule has 0 N–H and O–H groups in total. The molecule has 2 aliphatic rings. The van der Waals surface area contributed by atoms with E-state index in [9.17, 15) is 9.59 Å². The summed E-state index contributed by atoms with van der Waals surface area (Å²) in [6.45, 7) is 4.31. The van der Waals surface area contributed by atoms with Gasteiger partial charge in [-0.05, 0) is 12.8 Å². The van der Waals surface area contributed by atoms with E-state index in [-0.39, 0.29) is 24.4 Å². The predicted octanol–water partition coefficient (Wildman–Crippen LogP) is 0.636. The Morgan fingerprint density at radius 1 is 1.22 bits per heavy atom. The van der Waals surface area contributed by atoms with Gasteiger partial charge in [0.05, 0.1) is 19.8 Å². The van der Waals surface area contributed by atoms with Crippen LogP contribution in [0.5, 0.6) is 0 Å². The standard InChI is InChI=1S/C13H22N2O3/c1-11(16)15(12-4-2-3-5-12)10-13(17)14-6-8-18-9-7-14/h12H,2-10H2,1H3. The smallest absolute Gasteiger partial charge is 0.242 e. The summed E-state index contributed by atoms with van der Waals surface area (Å²) >= 11 is 0. The monoisotopic (exact) mass is 254 g/mol. The van der Waals surface area contributed by atoms with Gasteiger partial charge in [0.25, 0.3) is 0 Å². The lowest BCUT2D eigenvalue weighted by Crippen LogP contribution is -2.49. The van der Waals surface area contributed by atoms with E-state index < -0.39 is 0 Å². The molecule has 0 aromatic rings. The van der Waals surface area contributed by atoms with Gasteiger partial charge >= 0.3 is 0 Å². The van der Waals surface area contributed by atoms with Crippen molar-refractivity contribution in [1.29, 1.82) is 0 Å². The molecule has 2 fully saturated rings. The Hall–Kier alpha value is -1.10. The Morgan fingerprint density at radius 2 is 1.83 bits per heavy atom. The Labute approximate surface area is 108 Å². The van der Waals surface area contributed by atoms with Crippen LogP contribution in [0.1, 0.15) is 32.6 Å². The van der Waals surface area contributed by atoms with Crippen molar-refractivity contribution < 1.29 is 14.3 Å². The van der Waals surface area contributed by atoms with Gasteiger partial charge in [0.1, 0.15) is 0 Å². The molecule has 0 radical (unpaired) electrons. The summed E-state index contributed by atoms with van der Waals surface area (Å²) < 4.78 is 5.23. The number of nitrogens with zero attached hydrogens (tertiary/aromatic N) is 2. The average Bonchev–Trinajstić information content (AvgIpc) is 2.90. The van der Waals surface area contributed by atoms with Crippen molar-refractivity contribution in [2.75, 3.05) is 32.8 Å². The van der Waals surface area contributed by atoms with Crippen molar-refractivity contribution in [3.63, 3.8) is 0 Å². The molecular weight excluding hydrogens is 232 g/mol. The van der Waals surface area contributed by atoms with E-state index in [0.717, 1.165) is 12.8 Å². The third-order valence-electron chi connectivity index (χ3n) is 3.84. The van der Waals surface area contributed by atoms with Crippen LogP contribution < -0.4 is 0 Å². The highest BCUT2D eigenvalue weighted by molar-refractivity contribution is 5.84. The van der Waals surface area contributed by atoms with E-state index in [0.29, 0.717) is 26.3 Å². The van der Waals surface area contributed by atoms with Gasteiger partial charge in [0.15, 0.2) is 0 Å². The number of amides is 2. The van der Waals surface area contributed by atoms with Crippen LogP contribution in [0.2, 0.25) is 0 Å². The lowest BCUT2D eigenvalue weighted by atomic mass is 10.2. The van der Waals surface area contributed by atoms with Crippen LogP contribution in [0.15, 0.2) is 0 Å². The zero-order chi connectivity index (χ0) is 13.0. The molecule has 0 spiro atoms.